The Morgan fingerprint density at radius 3 is 2.16 bits per heavy atom. The van der Waals surface area contributed by atoms with E-state index in [2.05, 4.69) is 0 Å². The quantitative estimate of drug-likeness (QED) is 0.812. The summed E-state index contributed by atoms with van der Waals surface area (Å²) < 4.78 is 0. The summed E-state index contributed by atoms with van der Waals surface area (Å²) in [6.07, 6.45) is 0. The Morgan fingerprint density at radius 2 is 1.53 bits per heavy atom. The third-order valence-electron chi connectivity index (χ3n) is 2.50. The van der Waals surface area contributed by atoms with Crippen molar-refractivity contribution in [2.45, 2.75) is 0 Å². The van der Waals surface area contributed by atoms with Gasteiger partial charge in [0.15, 0.2) is 5.78 Å². The van der Waals surface area contributed by atoms with Gasteiger partial charge < -0.3 is 10.2 Å². The van der Waals surface area contributed by atoms with Gasteiger partial charge in [-0.3, -0.25) is 4.79 Å². The van der Waals surface area contributed by atoms with Crippen LogP contribution < -0.4 is 0 Å². The predicted octanol–water partition coefficient (Wildman–Crippen LogP) is 4.29. The van der Waals surface area contributed by atoms with Gasteiger partial charge in [0.25, 0.3) is 0 Å². The summed E-state index contributed by atoms with van der Waals surface area (Å²) >= 11 is 17.6. The van der Waals surface area contributed by atoms with Gasteiger partial charge in [-0.05, 0) is 30.3 Å². The highest BCUT2D eigenvalue weighted by Crippen LogP contribution is 2.35. The lowest BCUT2D eigenvalue weighted by atomic mass is 10.0. The molecule has 0 spiro atoms. The van der Waals surface area contributed by atoms with Gasteiger partial charge in [-0.25, -0.2) is 0 Å². The van der Waals surface area contributed by atoms with Crippen LogP contribution in [0.15, 0.2) is 30.3 Å². The molecular weight excluding hydrogens is 310 g/mol. The number of phenolic OH excluding ortho intramolecular Hbond substituents is 2. The van der Waals surface area contributed by atoms with E-state index in [9.17, 15) is 15.0 Å². The zero-order chi connectivity index (χ0) is 14.2. The van der Waals surface area contributed by atoms with Crippen LogP contribution >= 0.6 is 34.8 Å². The van der Waals surface area contributed by atoms with E-state index in [-0.39, 0.29) is 37.7 Å². The van der Waals surface area contributed by atoms with Crippen LogP contribution in [0.25, 0.3) is 0 Å². The van der Waals surface area contributed by atoms with Crippen molar-refractivity contribution in [3.8, 4) is 11.5 Å². The van der Waals surface area contributed by atoms with Crippen LogP contribution in [0.5, 0.6) is 11.5 Å². The summed E-state index contributed by atoms with van der Waals surface area (Å²) in [4.78, 5) is 12.3. The lowest BCUT2D eigenvalue weighted by Crippen LogP contribution is -2.03. The molecule has 0 aliphatic carbocycles. The first kappa shape index (κ1) is 14.0. The molecule has 0 aromatic heterocycles. The molecule has 0 fully saturated rings. The molecule has 0 atom stereocenters. The standard InChI is InChI=1S/C13H7Cl3O3/c14-9-5-6(17)1-2-7(9)13(19)8-3-4-10(18)12(16)11(8)15/h1-5,17-18H. The molecule has 0 unspecified atom stereocenters. The van der Waals surface area contributed by atoms with Crippen molar-refractivity contribution >= 4 is 40.6 Å². The Labute approximate surface area is 124 Å². The van der Waals surface area contributed by atoms with Gasteiger partial charge in [-0.2, -0.15) is 0 Å². The smallest absolute Gasteiger partial charge is 0.196 e. The molecule has 2 aromatic carbocycles. The summed E-state index contributed by atoms with van der Waals surface area (Å²) in [7, 11) is 0. The molecule has 0 aliphatic rings. The van der Waals surface area contributed by atoms with Crippen molar-refractivity contribution in [1.29, 1.82) is 0 Å². The van der Waals surface area contributed by atoms with E-state index in [0.717, 1.165) is 0 Å². The topological polar surface area (TPSA) is 57.5 Å². The molecule has 2 rings (SSSR count). The van der Waals surface area contributed by atoms with Crippen LogP contribution in [0.4, 0.5) is 0 Å². The Balaban J connectivity index is 2.53. The molecular formula is C13H7Cl3O3. The summed E-state index contributed by atoms with van der Waals surface area (Å²) in [6, 6.07) is 6.61. The lowest BCUT2D eigenvalue weighted by Gasteiger charge is -2.08. The van der Waals surface area contributed by atoms with Gasteiger partial charge in [0.1, 0.15) is 16.5 Å². The zero-order valence-electron chi connectivity index (χ0n) is 9.32. The van der Waals surface area contributed by atoms with Gasteiger partial charge in [-0.1, -0.05) is 34.8 Å². The van der Waals surface area contributed by atoms with Crippen LogP contribution in [-0.2, 0) is 0 Å². The number of halogens is 3. The molecule has 2 N–H and O–H groups in total. The zero-order valence-corrected chi connectivity index (χ0v) is 11.6. The van der Waals surface area contributed by atoms with Crippen LogP contribution in [-0.4, -0.2) is 16.0 Å². The normalized spacial score (nSPS) is 10.5. The van der Waals surface area contributed by atoms with Crippen molar-refractivity contribution in [2.24, 2.45) is 0 Å². The fraction of sp³-hybridized carbons (Fsp3) is 0. The Hall–Kier alpha value is -1.42. The number of aromatic hydroxyl groups is 2. The van der Waals surface area contributed by atoms with E-state index in [1.165, 1.54) is 30.3 Å². The first-order chi connectivity index (χ1) is 8.91. The molecule has 0 amide bonds. The number of hydrogen-bond donors (Lipinski definition) is 2. The van der Waals surface area contributed by atoms with Crippen molar-refractivity contribution < 1.29 is 15.0 Å². The molecule has 19 heavy (non-hydrogen) atoms. The highest BCUT2D eigenvalue weighted by atomic mass is 35.5. The number of ketones is 1. The average Bonchev–Trinajstić information content (AvgIpc) is 2.35. The molecule has 2 aromatic rings. The van der Waals surface area contributed by atoms with Crippen LogP contribution in [0, 0.1) is 0 Å². The van der Waals surface area contributed by atoms with E-state index >= 15 is 0 Å². The third-order valence-corrected chi connectivity index (χ3v) is 3.69. The maximum absolute atomic E-state index is 12.3. The maximum Gasteiger partial charge on any atom is 0.196 e. The van der Waals surface area contributed by atoms with E-state index in [0.29, 0.717) is 0 Å². The van der Waals surface area contributed by atoms with Gasteiger partial charge in [0, 0.05) is 11.1 Å². The monoisotopic (exact) mass is 316 g/mol. The summed E-state index contributed by atoms with van der Waals surface area (Å²) in [5.74, 6) is -0.701. The Morgan fingerprint density at radius 1 is 0.895 bits per heavy atom. The molecule has 0 saturated carbocycles. The number of carbonyl (C=O) groups is 1. The van der Waals surface area contributed by atoms with Gasteiger partial charge in [0.05, 0.1) is 10.0 Å². The second-order valence-electron chi connectivity index (χ2n) is 3.75. The van der Waals surface area contributed by atoms with Crippen LogP contribution in [0.3, 0.4) is 0 Å². The largest absolute Gasteiger partial charge is 0.508 e. The summed E-state index contributed by atoms with van der Waals surface area (Å²) in [5, 5.41) is 18.6. The molecule has 0 radical (unpaired) electrons. The van der Waals surface area contributed by atoms with E-state index in [1.807, 2.05) is 0 Å². The molecule has 0 saturated heterocycles. The SMILES string of the molecule is O=C(c1ccc(O)cc1Cl)c1ccc(O)c(Cl)c1Cl. The molecule has 6 heteroatoms. The summed E-state index contributed by atoms with van der Waals surface area (Å²) in [6.45, 7) is 0. The number of benzene rings is 2. The van der Waals surface area contributed by atoms with Gasteiger partial charge in [-0.15, -0.1) is 0 Å². The predicted molar refractivity (Wildman–Crippen MR) is 74.7 cm³/mol. The number of phenols is 2. The van der Waals surface area contributed by atoms with Crippen molar-refractivity contribution in [3.63, 3.8) is 0 Å². The number of hydrogen-bond acceptors (Lipinski definition) is 3. The van der Waals surface area contributed by atoms with Crippen molar-refractivity contribution in [3.05, 3.63) is 56.5 Å². The second-order valence-corrected chi connectivity index (χ2v) is 4.92. The molecule has 98 valence electrons. The minimum Gasteiger partial charge on any atom is -0.508 e. The van der Waals surface area contributed by atoms with Gasteiger partial charge in [0.2, 0.25) is 0 Å². The highest BCUT2D eigenvalue weighted by molar-refractivity contribution is 6.45. The first-order valence-electron chi connectivity index (χ1n) is 5.12. The van der Waals surface area contributed by atoms with E-state index in [1.54, 1.807) is 0 Å². The highest BCUT2D eigenvalue weighted by Gasteiger charge is 2.19. The minimum atomic E-state index is -0.447. The van der Waals surface area contributed by atoms with E-state index in [4.69, 9.17) is 34.8 Å². The van der Waals surface area contributed by atoms with Crippen molar-refractivity contribution in [2.75, 3.05) is 0 Å². The number of rotatable bonds is 2. The summed E-state index contributed by atoms with van der Waals surface area (Å²) in [5.41, 5.74) is 0.306. The van der Waals surface area contributed by atoms with E-state index < -0.39 is 5.78 Å². The lowest BCUT2D eigenvalue weighted by molar-refractivity contribution is 0.103. The average molecular weight is 318 g/mol. The fourth-order valence-corrected chi connectivity index (χ4v) is 2.22. The minimum absolute atomic E-state index is 0.0450. The Bertz CT molecular complexity index is 668. The molecule has 0 bridgehead atoms. The van der Waals surface area contributed by atoms with Gasteiger partial charge >= 0.3 is 0 Å². The second kappa shape index (κ2) is 5.29. The first-order valence-corrected chi connectivity index (χ1v) is 6.25. The molecule has 0 heterocycles. The third kappa shape index (κ3) is 2.63. The Kier molecular flexibility index (Phi) is 3.90. The molecule has 0 aliphatic heterocycles. The number of carbonyl (C=O) groups excluding carboxylic acids is 1. The molecule has 3 nitrogen and oxygen atoms in total. The maximum atomic E-state index is 12.3. The fourth-order valence-electron chi connectivity index (χ4n) is 1.55. The van der Waals surface area contributed by atoms with Crippen LogP contribution in [0.1, 0.15) is 15.9 Å². The van der Waals surface area contributed by atoms with Crippen LogP contribution in [0.2, 0.25) is 15.1 Å². The van der Waals surface area contributed by atoms with Crippen molar-refractivity contribution in [1.82, 2.24) is 0 Å².